The Labute approximate surface area is 138 Å². The summed E-state index contributed by atoms with van der Waals surface area (Å²) >= 11 is 0. The molecule has 1 aliphatic rings. The summed E-state index contributed by atoms with van der Waals surface area (Å²) in [5.74, 6) is -0.717. The van der Waals surface area contributed by atoms with Crippen LogP contribution in [0, 0.1) is 6.92 Å². The third-order valence-electron chi connectivity index (χ3n) is 4.22. The summed E-state index contributed by atoms with van der Waals surface area (Å²) in [6.45, 7) is 1.70. The van der Waals surface area contributed by atoms with Gasteiger partial charge in [-0.2, -0.15) is 4.98 Å². The summed E-state index contributed by atoms with van der Waals surface area (Å²) in [6, 6.07) is 4.33. The number of aryl methyl sites for hydroxylation is 1. The van der Waals surface area contributed by atoms with Crippen LogP contribution >= 0.6 is 0 Å². The normalized spacial score (nSPS) is 16.5. The van der Waals surface area contributed by atoms with Crippen LogP contribution < -0.4 is 5.32 Å². The Hall–Kier alpha value is -2.77. The second-order valence-electron chi connectivity index (χ2n) is 5.95. The van der Waals surface area contributed by atoms with Crippen molar-refractivity contribution in [2.45, 2.75) is 44.6 Å². The van der Waals surface area contributed by atoms with Crippen molar-refractivity contribution in [3.8, 4) is 0 Å². The fourth-order valence-corrected chi connectivity index (χ4v) is 3.02. The highest BCUT2D eigenvalue weighted by molar-refractivity contribution is 5.94. The van der Waals surface area contributed by atoms with Crippen LogP contribution in [0.4, 0.5) is 0 Å². The third kappa shape index (κ3) is 3.12. The Morgan fingerprint density at radius 1 is 1.17 bits per heavy atom. The van der Waals surface area contributed by atoms with Gasteiger partial charge in [0, 0.05) is 6.92 Å². The lowest BCUT2D eigenvalue weighted by Crippen LogP contribution is -2.48. The molecule has 2 aromatic heterocycles. The number of rotatable bonds is 4. The van der Waals surface area contributed by atoms with E-state index >= 15 is 0 Å². The summed E-state index contributed by atoms with van der Waals surface area (Å²) in [5, 5.41) is 16.0. The Bertz CT molecular complexity index is 765. The Morgan fingerprint density at radius 2 is 1.88 bits per heavy atom. The van der Waals surface area contributed by atoms with E-state index < -0.39 is 17.4 Å². The molecule has 1 saturated carbocycles. The molecule has 1 fully saturated rings. The number of carboxylic acids is 1. The molecule has 0 atom stereocenters. The summed E-state index contributed by atoms with van der Waals surface area (Å²) < 4.78 is 5.07. The molecule has 2 heterocycles. The Morgan fingerprint density at radius 3 is 2.50 bits per heavy atom. The first-order valence-electron chi connectivity index (χ1n) is 7.84. The average molecular weight is 330 g/mol. The van der Waals surface area contributed by atoms with E-state index in [4.69, 9.17) is 9.63 Å². The van der Waals surface area contributed by atoms with Crippen LogP contribution in [0.15, 0.2) is 22.7 Å². The van der Waals surface area contributed by atoms with Crippen molar-refractivity contribution in [2.75, 3.05) is 0 Å². The molecule has 0 bridgehead atoms. The van der Waals surface area contributed by atoms with Gasteiger partial charge in [-0.3, -0.25) is 4.79 Å². The molecular formula is C16H18N4O4. The number of hydrogen-bond acceptors (Lipinski definition) is 6. The predicted molar refractivity (Wildman–Crippen MR) is 82.5 cm³/mol. The third-order valence-corrected chi connectivity index (χ3v) is 4.22. The highest BCUT2D eigenvalue weighted by Crippen LogP contribution is 2.35. The minimum absolute atomic E-state index is 0.0556. The largest absolute Gasteiger partial charge is 0.477 e. The molecule has 2 N–H and O–H groups in total. The molecule has 1 amide bonds. The van der Waals surface area contributed by atoms with Crippen LogP contribution in [0.3, 0.4) is 0 Å². The lowest BCUT2D eigenvalue weighted by atomic mass is 9.81. The summed E-state index contributed by atoms with van der Waals surface area (Å²) in [5.41, 5.74) is -0.815. The van der Waals surface area contributed by atoms with Crippen molar-refractivity contribution in [1.29, 1.82) is 0 Å². The first-order chi connectivity index (χ1) is 11.5. The number of nitrogens with one attached hydrogen (secondary N) is 1. The maximum Gasteiger partial charge on any atom is 0.354 e. The van der Waals surface area contributed by atoms with E-state index in [9.17, 15) is 9.59 Å². The van der Waals surface area contributed by atoms with E-state index in [1.54, 1.807) is 6.92 Å². The smallest absolute Gasteiger partial charge is 0.354 e. The highest BCUT2D eigenvalue weighted by atomic mass is 16.5. The molecule has 126 valence electrons. The molecule has 0 aliphatic heterocycles. The van der Waals surface area contributed by atoms with Gasteiger partial charge in [0.15, 0.2) is 5.82 Å². The fourth-order valence-electron chi connectivity index (χ4n) is 3.02. The van der Waals surface area contributed by atoms with Crippen LogP contribution in [-0.2, 0) is 5.54 Å². The number of carbonyl (C=O) groups excluding carboxylic acids is 1. The predicted octanol–water partition coefficient (Wildman–Crippen LogP) is 2.06. The number of aromatic carboxylic acids is 1. The standard InChI is InChI=1S/C16H18N4O4/c1-10-17-15(20-24-10)16(8-3-2-4-9-16)19-13(21)11-6-5-7-12(18-11)14(22)23/h5-7H,2-4,8-9H2,1H3,(H,19,21)(H,22,23). The zero-order valence-electron chi connectivity index (χ0n) is 13.3. The topological polar surface area (TPSA) is 118 Å². The number of hydrogen-bond donors (Lipinski definition) is 2. The number of nitrogens with zero attached hydrogens (tertiary/aromatic N) is 3. The number of pyridine rings is 1. The quantitative estimate of drug-likeness (QED) is 0.880. The molecule has 0 radical (unpaired) electrons. The molecule has 3 rings (SSSR count). The fraction of sp³-hybridized carbons (Fsp3) is 0.438. The summed E-state index contributed by atoms with van der Waals surface area (Å²) in [7, 11) is 0. The van der Waals surface area contributed by atoms with E-state index in [2.05, 4.69) is 20.4 Å². The summed E-state index contributed by atoms with van der Waals surface area (Å²) in [4.78, 5) is 31.8. The number of amides is 1. The van der Waals surface area contributed by atoms with E-state index in [1.165, 1.54) is 18.2 Å². The van der Waals surface area contributed by atoms with Crippen molar-refractivity contribution in [3.63, 3.8) is 0 Å². The zero-order chi connectivity index (χ0) is 17.2. The SMILES string of the molecule is Cc1nc(C2(NC(=O)c3cccc(C(=O)O)n3)CCCCC2)no1. The van der Waals surface area contributed by atoms with Crippen LogP contribution in [0.25, 0.3) is 0 Å². The summed E-state index contributed by atoms with van der Waals surface area (Å²) in [6.07, 6.45) is 4.38. The molecular weight excluding hydrogens is 312 g/mol. The van der Waals surface area contributed by atoms with Crippen molar-refractivity contribution >= 4 is 11.9 Å². The van der Waals surface area contributed by atoms with Gasteiger partial charge in [-0.15, -0.1) is 0 Å². The maximum atomic E-state index is 12.6. The minimum Gasteiger partial charge on any atom is -0.477 e. The number of carbonyl (C=O) groups is 2. The molecule has 1 aliphatic carbocycles. The molecule has 24 heavy (non-hydrogen) atoms. The van der Waals surface area contributed by atoms with E-state index in [0.29, 0.717) is 24.6 Å². The van der Waals surface area contributed by atoms with Crippen molar-refractivity contribution in [3.05, 3.63) is 41.3 Å². The number of aromatic nitrogens is 3. The van der Waals surface area contributed by atoms with E-state index in [-0.39, 0.29) is 11.4 Å². The monoisotopic (exact) mass is 330 g/mol. The van der Waals surface area contributed by atoms with Gasteiger partial charge in [0.2, 0.25) is 5.89 Å². The van der Waals surface area contributed by atoms with Crippen molar-refractivity contribution in [1.82, 2.24) is 20.4 Å². The second-order valence-corrected chi connectivity index (χ2v) is 5.95. The maximum absolute atomic E-state index is 12.6. The molecule has 0 unspecified atom stereocenters. The van der Waals surface area contributed by atoms with Gasteiger partial charge >= 0.3 is 5.97 Å². The van der Waals surface area contributed by atoms with Crippen LogP contribution in [0.1, 0.15) is 64.8 Å². The van der Waals surface area contributed by atoms with Gasteiger partial charge in [-0.1, -0.05) is 30.5 Å². The molecule has 8 nitrogen and oxygen atoms in total. The molecule has 8 heteroatoms. The lowest BCUT2D eigenvalue weighted by molar-refractivity contribution is 0.0690. The Kier molecular flexibility index (Phi) is 4.28. The molecule has 0 spiro atoms. The minimum atomic E-state index is -1.18. The van der Waals surface area contributed by atoms with Gasteiger partial charge in [-0.05, 0) is 25.0 Å². The number of carboxylic acid groups (broad SMARTS) is 1. The van der Waals surface area contributed by atoms with E-state index in [0.717, 1.165) is 19.3 Å². The first kappa shape index (κ1) is 16.1. The first-order valence-corrected chi connectivity index (χ1v) is 7.84. The van der Waals surface area contributed by atoms with Crippen LogP contribution in [0.5, 0.6) is 0 Å². The van der Waals surface area contributed by atoms with Gasteiger partial charge < -0.3 is 14.9 Å². The van der Waals surface area contributed by atoms with Crippen LogP contribution in [-0.4, -0.2) is 32.1 Å². The lowest BCUT2D eigenvalue weighted by Gasteiger charge is -2.35. The van der Waals surface area contributed by atoms with Crippen molar-refractivity contribution in [2.24, 2.45) is 0 Å². The van der Waals surface area contributed by atoms with E-state index in [1.807, 2.05) is 0 Å². The van der Waals surface area contributed by atoms with Crippen LogP contribution in [0.2, 0.25) is 0 Å². The van der Waals surface area contributed by atoms with Gasteiger partial charge in [0.1, 0.15) is 16.9 Å². The van der Waals surface area contributed by atoms with Gasteiger partial charge in [-0.25, -0.2) is 9.78 Å². The Balaban J connectivity index is 1.89. The average Bonchev–Trinajstić information content (AvgIpc) is 3.03. The van der Waals surface area contributed by atoms with Gasteiger partial charge in [0.05, 0.1) is 0 Å². The highest BCUT2D eigenvalue weighted by Gasteiger charge is 2.40. The molecule has 0 saturated heterocycles. The molecule has 2 aromatic rings. The van der Waals surface area contributed by atoms with Crippen molar-refractivity contribution < 1.29 is 19.2 Å². The zero-order valence-corrected chi connectivity index (χ0v) is 13.3. The van der Waals surface area contributed by atoms with Gasteiger partial charge in [0.25, 0.3) is 5.91 Å². The second kappa shape index (κ2) is 6.38. The molecule has 0 aromatic carbocycles.